The lowest BCUT2D eigenvalue weighted by molar-refractivity contribution is -0.138. The molecular formula is C52H71F3N14O3S. The Morgan fingerprint density at radius 1 is 0.575 bits per heavy atom. The molecule has 1 amide bonds. The second-order valence-corrected chi connectivity index (χ2v) is 22.5. The molecule has 0 bridgehead atoms. The molecular weight excluding hydrogens is 958 g/mol. The number of rotatable bonds is 13. The molecule has 17 nitrogen and oxygen atoms in total. The van der Waals surface area contributed by atoms with E-state index in [0.717, 1.165) is 34.0 Å². The maximum atomic E-state index is 13.0. The van der Waals surface area contributed by atoms with Crippen molar-refractivity contribution in [2.45, 2.75) is 145 Å². The van der Waals surface area contributed by atoms with E-state index in [-0.39, 0.29) is 33.1 Å². The number of hydrogen-bond acceptors (Lipinski definition) is 15. The topological polar surface area (TPSA) is 239 Å². The van der Waals surface area contributed by atoms with Gasteiger partial charge in [-0.25, -0.2) is 28.1 Å². The molecule has 6 rings (SSSR count). The van der Waals surface area contributed by atoms with Crippen molar-refractivity contribution >= 4 is 68.3 Å². The van der Waals surface area contributed by atoms with Gasteiger partial charge in [-0.2, -0.15) is 28.1 Å². The van der Waals surface area contributed by atoms with Crippen molar-refractivity contribution in [1.82, 2.24) is 34.6 Å². The van der Waals surface area contributed by atoms with Crippen molar-refractivity contribution in [3.8, 4) is 0 Å². The largest absolute Gasteiger partial charge is 0.416 e. The first kappa shape index (κ1) is 58.4. The zero-order valence-corrected chi connectivity index (χ0v) is 45.4. The fraction of sp³-hybridized carbons (Fsp3) is 0.404. The standard InChI is InChI=1S/C18H27N5O2S.C17H21F3N4.C17H23N5O/c1-12(2)23-26(24,25)15-9-7-8-14(10-15)20-16-13(3)11-19-17(21-16)22-18(4,5)6;1-10-9-21-15(24-16(3,4)5)23-14(10)22-13-8-6-7-12(11(13)2)17(18,19)20;1-10-9-19-16(22-17(3,4)5)21-15(10)20-13-8-6-7-12(11(13)2)14(18)23/h7-12,23H,1-6H3,(H2,19,20,21,22);6-9H,1-5H3,(H2,21,22,23,24);6-9H,1-5H3,(H2,18,23)(H2,19,20,21,22). The van der Waals surface area contributed by atoms with Crippen LogP contribution in [0.5, 0.6) is 0 Å². The number of primary amides is 1. The molecule has 0 aliphatic rings. The van der Waals surface area contributed by atoms with Gasteiger partial charge in [-0.05, 0) is 164 Å². The van der Waals surface area contributed by atoms with Crippen molar-refractivity contribution in [3.63, 3.8) is 0 Å². The van der Waals surface area contributed by atoms with Crippen LogP contribution in [-0.4, -0.2) is 66.9 Å². The van der Waals surface area contributed by atoms with Gasteiger partial charge in [0.05, 0.1) is 10.5 Å². The average molecular weight is 1030 g/mol. The third-order valence-corrected chi connectivity index (χ3v) is 11.6. The number of halogens is 3. The van der Waals surface area contributed by atoms with Gasteiger partial charge in [-0.15, -0.1) is 0 Å². The number of nitrogens with zero attached hydrogens (tertiary/aromatic N) is 6. The number of alkyl halides is 3. The van der Waals surface area contributed by atoms with E-state index >= 15 is 0 Å². The molecule has 394 valence electrons. The lowest BCUT2D eigenvalue weighted by atomic mass is 10.1. The van der Waals surface area contributed by atoms with Gasteiger partial charge in [-0.1, -0.05) is 18.2 Å². The predicted molar refractivity (Wildman–Crippen MR) is 288 cm³/mol. The minimum atomic E-state index is -4.39. The van der Waals surface area contributed by atoms with E-state index in [1.165, 1.54) is 13.0 Å². The summed E-state index contributed by atoms with van der Waals surface area (Å²) < 4.78 is 66.4. The highest BCUT2D eigenvalue weighted by atomic mass is 32.2. The Kier molecular flexibility index (Phi) is 18.9. The summed E-state index contributed by atoms with van der Waals surface area (Å²) >= 11 is 0. The molecule has 0 saturated heterocycles. The number of benzene rings is 3. The lowest BCUT2D eigenvalue weighted by Gasteiger charge is -2.21. The van der Waals surface area contributed by atoms with Gasteiger partial charge < -0.3 is 37.6 Å². The van der Waals surface area contributed by atoms with Gasteiger partial charge in [-0.3, -0.25) is 4.79 Å². The predicted octanol–water partition coefficient (Wildman–Crippen LogP) is 11.6. The van der Waals surface area contributed by atoms with E-state index in [9.17, 15) is 26.4 Å². The Morgan fingerprint density at radius 2 is 0.973 bits per heavy atom. The Bertz CT molecular complexity index is 2980. The number of carbonyl (C=O) groups is 1. The molecule has 0 unspecified atom stereocenters. The molecule has 3 aromatic carbocycles. The quantitative estimate of drug-likeness (QED) is 0.0537. The molecule has 3 heterocycles. The van der Waals surface area contributed by atoms with Crippen LogP contribution in [0.2, 0.25) is 0 Å². The van der Waals surface area contributed by atoms with Crippen LogP contribution in [0.1, 0.15) is 120 Å². The van der Waals surface area contributed by atoms with Crippen LogP contribution in [-0.2, 0) is 16.2 Å². The van der Waals surface area contributed by atoms with Gasteiger partial charge >= 0.3 is 6.18 Å². The number of hydrogen-bond donors (Lipinski definition) is 8. The fourth-order valence-corrected chi connectivity index (χ4v) is 7.82. The number of anilines is 9. The van der Waals surface area contributed by atoms with Crippen molar-refractivity contribution in [1.29, 1.82) is 0 Å². The SMILES string of the molecule is Cc1cnc(NC(C)(C)C)nc1Nc1cccc(C(F)(F)F)c1C.Cc1cnc(NC(C)(C)C)nc1Nc1cccc(C(N)=O)c1C.Cc1cnc(NC(C)(C)C)nc1Nc1cccc(S(=O)(=O)NC(C)C)c1. The number of amides is 1. The molecule has 0 fully saturated rings. The summed E-state index contributed by atoms with van der Waals surface area (Å²) in [7, 11) is -3.55. The summed E-state index contributed by atoms with van der Waals surface area (Å²) in [6, 6.07) is 15.9. The van der Waals surface area contributed by atoms with Gasteiger partial charge in [0.1, 0.15) is 17.5 Å². The second-order valence-electron chi connectivity index (χ2n) is 20.8. The summed E-state index contributed by atoms with van der Waals surface area (Å²) in [6.45, 7) is 30.6. The van der Waals surface area contributed by atoms with Gasteiger partial charge in [0, 0.05) is 80.6 Å². The van der Waals surface area contributed by atoms with Crippen molar-refractivity contribution in [2.75, 3.05) is 31.9 Å². The van der Waals surface area contributed by atoms with Crippen LogP contribution in [0.3, 0.4) is 0 Å². The smallest absolute Gasteiger partial charge is 0.366 e. The zero-order valence-electron chi connectivity index (χ0n) is 44.6. The highest BCUT2D eigenvalue weighted by molar-refractivity contribution is 7.89. The van der Waals surface area contributed by atoms with Crippen LogP contribution < -0.4 is 42.4 Å². The first-order chi connectivity index (χ1) is 33.6. The monoisotopic (exact) mass is 1030 g/mol. The number of nitrogens with two attached hydrogens (primary N) is 1. The maximum absolute atomic E-state index is 13.0. The first-order valence-corrected chi connectivity index (χ1v) is 24.9. The van der Waals surface area contributed by atoms with Crippen LogP contribution in [0, 0.1) is 34.6 Å². The molecule has 0 aliphatic carbocycles. The van der Waals surface area contributed by atoms with Crippen LogP contribution in [0.25, 0.3) is 0 Å². The summed E-state index contributed by atoms with van der Waals surface area (Å²) in [6.07, 6.45) is 0.731. The van der Waals surface area contributed by atoms with E-state index in [1.54, 1.807) is 81.8 Å². The first-order valence-electron chi connectivity index (χ1n) is 23.5. The maximum Gasteiger partial charge on any atom is 0.416 e. The summed E-state index contributed by atoms with van der Waals surface area (Å²) in [5, 5.41) is 19.0. The number of sulfonamides is 1. The number of nitrogens with one attached hydrogen (secondary N) is 7. The van der Waals surface area contributed by atoms with Crippen molar-refractivity contribution in [2.24, 2.45) is 5.73 Å². The minimum Gasteiger partial charge on any atom is -0.366 e. The minimum absolute atomic E-state index is 0.131. The number of aromatic nitrogens is 6. The van der Waals surface area contributed by atoms with Crippen molar-refractivity contribution in [3.05, 3.63) is 118 Å². The van der Waals surface area contributed by atoms with E-state index in [4.69, 9.17) is 5.73 Å². The highest BCUT2D eigenvalue weighted by Crippen LogP contribution is 2.36. The normalized spacial score (nSPS) is 11.9. The molecule has 0 spiro atoms. The molecule has 0 atom stereocenters. The van der Waals surface area contributed by atoms with E-state index in [1.807, 2.05) is 89.2 Å². The molecule has 3 aromatic heterocycles. The average Bonchev–Trinajstić information content (AvgIpc) is 3.24. The molecule has 0 aliphatic heterocycles. The summed E-state index contributed by atoms with van der Waals surface area (Å²) in [5.74, 6) is 2.82. The van der Waals surface area contributed by atoms with E-state index < -0.39 is 27.7 Å². The highest BCUT2D eigenvalue weighted by Gasteiger charge is 2.33. The third kappa shape index (κ3) is 18.5. The number of aryl methyl sites for hydroxylation is 3. The van der Waals surface area contributed by atoms with Crippen LogP contribution >= 0.6 is 0 Å². The Balaban J connectivity index is 0.000000238. The van der Waals surface area contributed by atoms with Crippen molar-refractivity contribution < 1.29 is 26.4 Å². The lowest BCUT2D eigenvalue weighted by Crippen LogP contribution is -2.30. The second kappa shape index (κ2) is 23.6. The fourth-order valence-electron chi connectivity index (χ4n) is 6.52. The van der Waals surface area contributed by atoms with Crippen LogP contribution in [0.4, 0.5) is 65.5 Å². The zero-order chi connectivity index (χ0) is 54.9. The Labute approximate surface area is 428 Å². The van der Waals surface area contributed by atoms with Gasteiger partial charge in [0.15, 0.2) is 0 Å². The molecule has 0 radical (unpaired) electrons. The molecule has 9 N–H and O–H groups in total. The Hall–Kier alpha value is -7.13. The third-order valence-electron chi connectivity index (χ3n) is 9.92. The molecule has 21 heteroatoms. The molecule has 73 heavy (non-hydrogen) atoms. The molecule has 0 saturated carbocycles. The van der Waals surface area contributed by atoms with E-state index in [2.05, 4.69) is 66.5 Å². The van der Waals surface area contributed by atoms with E-state index in [0.29, 0.717) is 52.2 Å². The van der Waals surface area contributed by atoms with Gasteiger partial charge in [0.2, 0.25) is 33.8 Å². The summed E-state index contributed by atoms with van der Waals surface area (Å²) in [4.78, 5) is 37.8. The number of carbonyl (C=O) groups excluding carboxylic acids is 1. The summed E-state index contributed by atoms with van der Waals surface area (Å²) in [5.41, 5.74) is 9.96. The van der Waals surface area contributed by atoms with Gasteiger partial charge in [0.25, 0.3) is 0 Å². The molecule has 6 aromatic rings. The Morgan fingerprint density at radius 3 is 1.37 bits per heavy atom. The van der Waals surface area contributed by atoms with Crippen LogP contribution in [0.15, 0.2) is 84.1 Å².